The van der Waals surface area contributed by atoms with Crippen LogP contribution in [0.1, 0.15) is 37.0 Å². The van der Waals surface area contributed by atoms with Gasteiger partial charge >= 0.3 is 0 Å². The molecule has 5 nitrogen and oxygen atoms in total. The van der Waals surface area contributed by atoms with Gasteiger partial charge in [-0.1, -0.05) is 26.7 Å². The maximum atomic E-state index is 13.2. The third-order valence-corrected chi connectivity index (χ3v) is 3.93. The molecule has 7 heteroatoms. The topological polar surface area (TPSA) is 72.2 Å². The Kier molecular flexibility index (Phi) is 6.55. The van der Waals surface area contributed by atoms with Gasteiger partial charge in [0.15, 0.2) is 0 Å². The van der Waals surface area contributed by atoms with E-state index in [0.717, 1.165) is 31.0 Å². The number of amides is 1. The summed E-state index contributed by atoms with van der Waals surface area (Å²) in [6.07, 6.45) is 1.75. The standard InChI is InChI=1S/C14H18ClFN2O3/c1-3-9(4-2)12(15)8-17-14(19)11-7-10(16)5-6-13(11)18(20)21/h5-7,9,12H,3-4,8H2,1-2H3,(H,17,19). The smallest absolute Gasteiger partial charge is 0.282 e. The summed E-state index contributed by atoms with van der Waals surface area (Å²) in [6, 6.07) is 2.78. The zero-order valence-corrected chi connectivity index (χ0v) is 12.7. The lowest BCUT2D eigenvalue weighted by Gasteiger charge is -2.19. The van der Waals surface area contributed by atoms with E-state index in [1.807, 2.05) is 13.8 Å². The Morgan fingerprint density at radius 3 is 2.57 bits per heavy atom. The maximum Gasteiger partial charge on any atom is 0.282 e. The number of nitrogens with zero attached hydrogens (tertiary/aromatic N) is 1. The van der Waals surface area contributed by atoms with E-state index in [0.29, 0.717) is 0 Å². The number of carbonyl (C=O) groups excluding carboxylic acids is 1. The van der Waals surface area contributed by atoms with Crippen LogP contribution in [-0.4, -0.2) is 22.8 Å². The second-order valence-electron chi connectivity index (χ2n) is 4.72. The summed E-state index contributed by atoms with van der Waals surface area (Å²) in [4.78, 5) is 22.1. The highest BCUT2D eigenvalue weighted by molar-refractivity contribution is 6.21. The molecule has 0 aromatic heterocycles. The third-order valence-electron chi connectivity index (χ3n) is 3.42. The summed E-state index contributed by atoms with van der Waals surface area (Å²) in [5.41, 5.74) is -0.726. The summed E-state index contributed by atoms with van der Waals surface area (Å²) < 4.78 is 13.2. The van der Waals surface area contributed by atoms with Crippen molar-refractivity contribution in [3.63, 3.8) is 0 Å². The molecule has 0 fully saturated rings. The van der Waals surface area contributed by atoms with Gasteiger partial charge in [-0.25, -0.2) is 4.39 Å². The van der Waals surface area contributed by atoms with Crippen LogP contribution in [0.2, 0.25) is 0 Å². The van der Waals surface area contributed by atoms with Crippen LogP contribution in [-0.2, 0) is 0 Å². The van der Waals surface area contributed by atoms with Crippen molar-refractivity contribution in [2.75, 3.05) is 6.54 Å². The van der Waals surface area contributed by atoms with Crippen molar-refractivity contribution < 1.29 is 14.1 Å². The molecule has 0 saturated carbocycles. The highest BCUT2D eigenvalue weighted by Crippen LogP contribution is 2.21. The van der Waals surface area contributed by atoms with Crippen LogP contribution in [0.5, 0.6) is 0 Å². The molecule has 0 radical (unpaired) electrons. The van der Waals surface area contributed by atoms with Crippen LogP contribution < -0.4 is 5.32 Å². The molecule has 1 rings (SSSR count). The number of hydrogen-bond acceptors (Lipinski definition) is 3. The number of nitro groups is 1. The van der Waals surface area contributed by atoms with Gasteiger partial charge in [0.05, 0.1) is 10.3 Å². The molecule has 0 spiro atoms. The fourth-order valence-corrected chi connectivity index (χ4v) is 2.54. The van der Waals surface area contributed by atoms with E-state index in [2.05, 4.69) is 5.32 Å². The van der Waals surface area contributed by atoms with Gasteiger partial charge in [-0.3, -0.25) is 14.9 Å². The summed E-state index contributed by atoms with van der Waals surface area (Å²) in [6.45, 7) is 4.19. The second kappa shape index (κ2) is 7.93. The molecule has 0 aliphatic rings. The van der Waals surface area contributed by atoms with Gasteiger partial charge in [-0.15, -0.1) is 11.6 Å². The molecule has 1 atom stereocenters. The minimum absolute atomic E-state index is 0.181. The van der Waals surface area contributed by atoms with Gasteiger partial charge in [-0.05, 0) is 18.1 Å². The lowest BCUT2D eigenvalue weighted by molar-refractivity contribution is -0.385. The van der Waals surface area contributed by atoms with E-state index in [9.17, 15) is 19.3 Å². The normalized spacial score (nSPS) is 12.2. The Labute approximate surface area is 127 Å². The fraction of sp³-hybridized carbons (Fsp3) is 0.500. The first kappa shape index (κ1) is 17.4. The molecule has 1 unspecified atom stereocenters. The molecule has 0 heterocycles. The van der Waals surface area contributed by atoms with E-state index in [1.165, 1.54) is 0 Å². The second-order valence-corrected chi connectivity index (χ2v) is 5.28. The molecule has 0 bridgehead atoms. The Hall–Kier alpha value is -1.69. The average molecular weight is 317 g/mol. The highest BCUT2D eigenvalue weighted by Gasteiger charge is 2.22. The molecular formula is C14H18ClFN2O3. The van der Waals surface area contributed by atoms with E-state index >= 15 is 0 Å². The molecule has 1 N–H and O–H groups in total. The van der Waals surface area contributed by atoms with Gasteiger partial charge < -0.3 is 5.32 Å². The quantitative estimate of drug-likeness (QED) is 0.475. The molecule has 0 aliphatic heterocycles. The number of rotatable bonds is 7. The minimum atomic E-state index is -0.715. The van der Waals surface area contributed by atoms with Crippen molar-refractivity contribution in [3.05, 3.63) is 39.7 Å². The van der Waals surface area contributed by atoms with Crippen LogP contribution in [0, 0.1) is 21.8 Å². The van der Waals surface area contributed by atoms with Gasteiger partial charge in [0.25, 0.3) is 11.6 Å². The van der Waals surface area contributed by atoms with Crippen LogP contribution >= 0.6 is 11.6 Å². The highest BCUT2D eigenvalue weighted by atomic mass is 35.5. The van der Waals surface area contributed by atoms with Crippen molar-refractivity contribution >= 4 is 23.2 Å². The number of nitrogens with one attached hydrogen (secondary N) is 1. The van der Waals surface area contributed by atoms with Gasteiger partial charge in [0, 0.05) is 12.6 Å². The Morgan fingerprint density at radius 1 is 1.43 bits per heavy atom. The SMILES string of the molecule is CCC(CC)C(Cl)CNC(=O)c1cc(F)ccc1[N+](=O)[O-]. The molecule has 1 amide bonds. The molecule has 0 aliphatic carbocycles. The minimum Gasteiger partial charge on any atom is -0.350 e. The molecule has 1 aromatic rings. The van der Waals surface area contributed by atoms with E-state index < -0.39 is 22.3 Å². The zero-order chi connectivity index (χ0) is 16.0. The predicted molar refractivity (Wildman–Crippen MR) is 79.1 cm³/mol. The van der Waals surface area contributed by atoms with Crippen molar-refractivity contribution in [3.8, 4) is 0 Å². The van der Waals surface area contributed by atoms with E-state index in [4.69, 9.17) is 11.6 Å². The first-order valence-corrected chi connectivity index (χ1v) is 7.20. The van der Waals surface area contributed by atoms with Crippen molar-refractivity contribution in [2.24, 2.45) is 5.92 Å². The lowest BCUT2D eigenvalue weighted by atomic mass is 9.99. The average Bonchev–Trinajstić information content (AvgIpc) is 2.45. The van der Waals surface area contributed by atoms with Crippen LogP contribution in [0.4, 0.5) is 10.1 Å². The Morgan fingerprint density at radius 2 is 2.05 bits per heavy atom. The number of carbonyl (C=O) groups is 1. The lowest BCUT2D eigenvalue weighted by Crippen LogP contribution is -2.33. The van der Waals surface area contributed by atoms with E-state index in [-0.39, 0.29) is 23.4 Å². The van der Waals surface area contributed by atoms with Gasteiger partial charge in [-0.2, -0.15) is 0 Å². The van der Waals surface area contributed by atoms with Crippen molar-refractivity contribution in [1.82, 2.24) is 5.32 Å². The summed E-state index contributed by atoms with van der Waals surface area (Å²) in [5, 5.41) is 13.1. The van der Waals surface area contributed by atoms with Gasteiger partial charge in [0.2, 0.25) is 0 Å². The molecule has 0 saturated heterocycles. The number of nitro benzene ring substituents is 1. The third kappa shape index (κ3) is 4.67. The van der Waals surface area contributed by atoms with Crippen LogP contribution in [0.3, 0.4) is 0 Å². The van der Waals surface area contributed by atoms with Crippen molar-refractivity contribution in [1.29, 1.82) is 0 Å². The first-order valence-electron chi connectivity index (χ1n) is 6.76. The van der Waals surface area contributed by atoms with Gasteiger partial charge in [0.1, 0.15) is 11.4 Å². The predicted octanol–water partition coefficient (Wildman–Crippen LogP) is 3.51. The van der Waals surface area contributed by atoms with Crippen LogP contribution in [0.25, 0.3) is 0 Å². The molecular weight excluding hydrogens is 299 g/mol. The maximum absolute atomic E-state index is 13.2. The fourth-order valence-electron chi connectivity index (χ4n) is 2.10. The molecule has 1 aromatic carbocycles. The largest absolute Gasteiger partial charge is 0.350 e. The monoisotopic (exact) mass is 316 g/mol. The molecule has 21 heavy (non-hydrogen) atoms. The summed E-state index contributed by atoms with van der Waals surface area (Å²) in [5.74, 6) is -1.15. The summed E-state index contributed by atoms with van der Waals surface area (Å²) >= 11 is 6.19. The summed E-state index contributed by atoms with van der Waals surface area (Å²) in [7, 11) is 0. The van der Waals surface area contributed by atoms with Crippen molar-refractivity contribution in [2.45, 2.75) is 32.1 Å². The number of benzene rings is 1. The Bertz CT molecular complexity index is 521. The Balaban J connectivity index is 2.80. The van der Waals surface area contributed by atoms with Crippen LogP contribution in [0.15, 0.2) is 18.2 Å². The first-order chi connectivity index (χ1) is 9.90. The number of alkyl halides is 1. The molecule has 116 valence electrons. The van der Waals surface area contributed by atoms with E-state index in [1.54, 1.807) is 0 Å². The number of halogens is 2. The number of hydrogen-bond donors (Lipinski definition) is 1. The zero-order valence-electron chi connectivity index (χ0n) is 11.9.